The molecule has 2 aliphatic rings. The van der Waals surface area contributed by atoms with Crippen molar-refractivity contribution >= 4 is 12.4 Å². The molecule has 23 heavy (non-hydrogen) atoms. The van der Waals surface area contributed by atoms with Crippen LogP contribution in [0, 0.1) is 11.7 Å². The van der Waals surface area contributed by atoms with Gasteiger partial charge >= 0.3 is 0 Å². The Labute approximate surface area is 145 Å². The van der Waals surface area contributed by atoms with E-state index in [-0.39, 0.29) is 24.3 Å². The van der Waals surface area contributed by atoms with Gasteiger partial charge in [0.1, 0.15) is 11.6 Å². The van der Waals surface area contributed by atoms with Gasteiger partial charge in [-0.05, 0) is 30.9 Å². The van der Waals surface area contributed by atoms with Crippen molar-refractivity contribution in [2.24, 2.45) is 5.92 Å². The standard InChI is InChI=1S/C18H27FN2O.ClH/c1-22-16-9-5-8-15(19)17(16)18(14-6-3-2-4-7-14)21-12-10-20-11-13-21;/h5,8-9,14,18,20H,2-4,6-7,10-13H2,1H3;1H/t18-;/m0./s1. The number of nitrogens with one attached hydrogen (secondary N) is 1. The Morgan fingerprint density at radius 2 is 1.87 bits per heavy atom. The zero-order valence-electron chi connectivity index (χ0n) is 13.9. The molecule has 1 aromatic carbocycles. The Bertz CT molecular complexity index is 470. The van der Waals surface area contributed by atoms with Crippen LogP contribution in [0.1, 0.15) is 43.7 Å². The van der Waals surface area contributed by atoms with E-state index in [4.69, 9.17) is 4.74 Å². The van der Waals surface area contributed by atoms with E-state index in [1.165, 1.54) is 32.1 Å². The molecule has 130 valence electrons. The van der Waals surface area contributed by atoms with Crippen molar-refractivity contribution in [3.05, 3.63) is 29.6 Å². The molecule has 1 heterocycles. The van der Waals surface area contributed by atoms with Crippen LogP contribution in [0.3, 0.4) is 0 Å². The molecule has 1 aliphatic carbocycles. The van der Waals surface area contributed by atoms with Crippen molar-refractivity contribution in [2.45, 2.75) is 38.1 Å². The predicted molar refractivity (Wildman–Crippen MR) is 94.0 cm³/mol. The first-order valence-electron chi connectivity index (χ1n) is 8.58. The fraction of sp³-hybridized carbons (Fsp3) is 0.667. The molecule has 1 aromatic rings. The number of piperazine rings is 1. The average Bonchev–Trinajstić information content (AvgIpc) is 2.58. The molecule has 3 nitrogen and oxygen atoms in total. The number of ether oxygens (including phenoxy) is 1. The Morgan fingerprint density at radius 1 is 1.17 bits per heavy atom. The number of rotatable bonds is 4. The molecule has 0 bridgehead atoms. The number of benzene rings is 1. The summed E-state index contributed by atoms with van der Waals surface area (Å²) in [6.45, 7) is 3.94. The first-order valence-corrected chi connectivity index (χ1v) is 8.58. The molecule has 3 rings (SSSR count). The highest BCUT2D eigenvalue weighted by molar-refractivity contribution is 5.85. The number of nitrogens with zero attached hydrogens (tertiary/aromatic N) is 1. The van der Waals surface area contributed by atoms with E-state index in [2.05, 4.69) is 10.2 Å². The second-order valence-electron chi connectivity index (χ2n) is 6.48. The van der Waals surface area contributed by atoms with Crippen molar-refractivity contribution in [1.29, 1.82) is 0 Å². The topological polar surface area (TPSA) is 24.5 Å². The van der Waals surface area contributed by atoms with Gasteiger partial charge in [0.25, 0.3) is 0 Å². The lowest BCUT2D eigenvalue weighted by Crippen LogP contribution is -2.47. The number of hydrogen-bond donors (Lipinski definition) is 1. The summed E-state index contributed by atoms with van der Waals surface area (Å²) in [6.07, 6.45) is 6.26. The van der Waals surface area contributed by atoms with Crippen LogP contribution in [0.5, 0.6) is 5.75 Å². The van der Waals surface area contributed by atoms with E-state index in [1.54, 1.807) is 19.2 Å². The lowest BCUT2D eigenvalue weighted by molar-refractivity contribution is 0.0983. The molecule has 0 radical (unpaired) electrons. The van der Waals surface area contributed by atoms with Crippen LogP contribution >= 0.6 is 12.4 Å². The maximum atomic E-state index is 14.7. The van der Waals surface area contributed by atoms with Gasteiger partial charge in [0.15, 0.2) is 0 Å². The van der Waals surface area contributed by atoms with E-state index in [9.17, 15) is 4.39 Å². The monoisotopic (exact) mass is 342 g/mol. The highest BCUT2D eigenvalue weighted by Gasteiger charge is 2.34. The van der Waals surface area contributed by atoms with E-state index in [0.717, 1.165) is 31.7 Å². The van der Waals surface area contributed by atoms with Gasteiger partial charge in [0, 0.05) is 37.8 Å². The smallest absolute Gasteiger partial charge is 0.131 e. The van der Waals surface area contributed by atoms with Crippen LogP contribution in [-0.4, -0.2) is 38.2 Å². The van der Waals surface area contributed by atoms with Gasteiger partial charge in [0.05, 0.1) is 7.11 Å². The van der Waals surface area contributed by atoms with Crippen molar-refractivity contribution in [3.63, 3.8) is 0 Å². The van der Waals surface area contributed by atoms with Crippen molar-refractivity contribution in [1.82, 2.24) is 10.2 Å². The maximum Gasteiger partial charge on any atom is 0.131 e. The van der Waals surface area contributed by atoms with Crippen molar-refractivity contribution in [3.8, 4) is 5.75 Å². The van der Waals surface area contributed by atoms with Crippen LogP contribution < -0.4 is 10.1 Å². The first kappa shape index (κ1) is 18.5. The summed E-state index contributed by atoms with van der Waals surface area (Å²) in [5.74, 6) is 1.13. The predicted octanol–water partition coefficient (Wildman–Crippen LogP) is 3.78. The molecule has 1 atom stereocenters. The van der Waals surface area contributed by atoms with Crippen LogP contribution in [0.2, 0.25) is 0 Å². The zero-order chi connectivity index (χ0) is 15.4. The Balaban J connectivity index is 0.00000192. The quantitative estimate of drug-likeness (QED) is 0.901. The molecule has 0 amide bonds. The molecule has 0 unspecified atom stereocenters. The highest BCUT2D eigenvalue weighted by Crippen LogP contribution is 2.42. The second kappa shape index (κ2) is 8.86. The van der Waals surface area contributed by atoms with Crippen LogP contribution in [-0.2, 0) is 0 Å². The minimum atomic E-state index is -0.117. The minimum absolute atomic E-state index is 0. The first-order chi connectivity index (χ1) is 10.8. The van der Waals surface area contributed by atoms with Gasteiger partial charge in [-0.15, -0.1) is 12.4 Å². The van der Waals surface area contributed by atoms with Gasteiger partial charge < -0.3 is 10.1 Å². The fourth-order valence-corrected chi connectivity index (χ4v) is 4.11. The average molecular weight is 343 g/mol. The number of methoxy groups -OCH3 is 1. The lowest BCUT2D eigenvalue weighted by atomic mass is 9.79. The minimum Gasteiger partial charge on any atom is -0.496 e. The molecular weight excluding hydrogens is 315 g/mol. The normalized spacial score (nSPS) is 21.5. The summed E-state index contributed by atoms with van der Waals surface area (Å²) in [4.78, 5) is 2.47. The molecule has 2 fully saturated rings. The number of halogens is 2. The molecule has 1 saturated heterocycles. The molecule has 1 N–H and O–H groups in total. The summed E-state index contributed by atoms with van der Waals surface area (Å²) < 4.78 is 20.2. The van der Waals surface area contributed by atoms with Gasteiger partial charge in [0.2, 0.25) is 0 Å². The van der Waals surface area contributed by atoms with Crippen LogP contribution in [0.4, 0.5) is 4.39 Å². The van der Waals surface area contributed by atoms with E-state index >= 15 is 0 Å². The largest absolute Gasteiger partial charge is 0.496 e. The van der Waals surface area contributed by atoms with Gasteiger partial charge in [-0.3, -0.25) is 4.90 Å². The van der Waals surface area contributed by atoms with Crippen LogP contribution in [0.25, 0.3) is 0 Å². The SMILES string of the molecule is COc1cccc(F)c1[C@H](C1CCCCC1)N1CCNCC1.Cl. The molecule has 0 aromatic heterocycles. The van der Waals surface area contributed by atoms with Gasteiger partial charge in [-0.1, -0.05) is 25.3 Å². The van der Waals surface area contributed by atoms with E-state index in [1.807, 2.05) is 6.07 Å². The molecule has 1 aliphatic heterocycles. The van der Waals surface area contributed by atoms with Crippen molar-refractivity contribution in [2.75, 3.05) is 33.3 Å². The molecular formula is C18H28ClFN2O. The Kier molecular flexibility index (Phi) is 7.12. The molecule has 0 spiro atoms. The summed E-state index contributed by atoms with van der Waals surface area (Å²) in [5, 5.41) is 3.40. The van der Waals surface area contributed by atoms with Crippen molar-refractivity contribution < 1.29 is 9.13 Å². The summed E-state index contributed by atoms with van der Waals surface area (Å²) in [7, 11) is 1.65. The van der Waals surface area contributed by atoms with Gasteiger partial charge in [-0.25, -0.2) is 4.39 Å². The third-order valence-corrected chi connectivity index (χ3v) is 5.17. The zero-order valence-corrected chi connectivity index (χ0v) is 14.7. The third kappa shape index (κ3) is 4.17. The third-order valence-electron chi connectivity index (χ3n) is 5.17. The Morgan fingerprint density at radius 3 is 2.52 bits per heavy atom. The van der Waals surface area contributed by atoms with E-state index < -0.39 is 0 Å². The highest BCUT2D eigenvalue weighted by atomic mass is 35.5. The lowest BCUT2D eigenvalue weighted by Gasteiger charge is -2.41. The molecule has 5 heteroatoms. The van der Waals surface area contributed by atoms with E-state index in [0.29, 0.717) is 11.7 Å². The van der Waals surface area contributed by atoms with Gasteiger partial charge in [-0.2, -0.15) is 0 Å². The summed E-state index contributed by atoms with van der Waals surface area (Å²) >= 11 is 0. The number of hydrogen-bond acceptors (Lipinski definition) is 3. The molecule has 1 saturated carbocycles. The summed E-state index contributed by atoms with van der Waals surface area (Å²) in [5.41, 5.74) is 0.777. The fourth-order valence-electron chi connectivity index (χ4n) is 4.11. The maximum absolute atomic E-state index is 14.7. The Hall–Kier alpha value is -0.840. The van der Waals surface area contributed by atoms with Crippen LogP contribution in [0.15, 0.2) is 18.2 Å². The summed E-state index contributed by atoms with van der Waals surface area (Å²) in [6, 6.07) is 5.37. The second-order valence-corrected chi connectivity index (χ2v) is 6.48.